The van der Waals surface area contributed by atoms with Gasteiger partial charge in [-0.15, -0.1) is 0 Å². The van der Waals surface area contributed by atoms with Crippen molar-refractivity contribution in [3.05, 3.63) is 72.9 Å². The number of carbonyl (C=O) groups is 3. The van der Waals surface area contributed by atoms with Crippen LogP contribution in [0.15, 0.2) is 72.9 Å². The molecule has 0 radical (unpaired) electrons. The average Bonchev–Trinajstić information content (AvgIpc) is 3.22. The lowest BCUT2D eigenvalue weighted by Gasteiger charge is -2.18. The summed E-state index contributed by atoms with van der Waals surface area (Å²) in [5.74, 6) is -0.938. The van der Waals surface area contributed by atoms with Gasteiger partial charge in [0.1, 0.15) is 13.2 Å². The van der Waals surface area contributed by atoms with Crippen molar-refractivity contribution >= 4 is 17.9 Å². The highest BCUT2D eigenvalue weighted by atomic mass is 16.6. The molecule has 1 unspecified atom stereocenters. The van der Waals surface area contributed by atoms with E-state index in [4.69, 9.17) is 14.2 Å². The summed E-state index contributed by atoms with van der Waals surface area (Å²) in [6, 6.07) is 0. The third-order valence-electron chi connectivity index (χ3n) is 9.98. The van der Waals surface area contributed by atoms with Crippen molar-refractivity contribution in [1.29, 1.82) is 0 Å². The zero-order chi connectivity index (χ0) is 42.3. The molecule has 6 heteroatoms. The van der Waals surface area contributed by atoms with Crippen molar-refractivity contribution < 1.29 is 28.6 Å². The van der Waals surface area contributed by atoms with E-state index < -0.39 is 6.10 Å². The molecule has 0 heterocycles. The molecule has 6 nitrogen and oxygen atoms in total. The molecule has 0 aromatic heterocycles. The van der Waals surface area contributed by atoms with Gasteiger partial charge in [-0.3, -0.25) is 14.4 Å². The Labute approximate surface area is 357 Å². The summed E-state index contributed by atoms with van der Waals surface area (Å²) >= 11 is 0. The third kappa shape index (κ3) is 44.0. The van der Waals surface area contributed by atoms with E-state index in [0.29, 0.717) is 19.3 Å². The number of rotatable bonds is 42. The van der Waals surface area contributed by atoms with Crippen LogP contribution in [-0.2, 0) is 28.6 Å². The molecular formula is C52H88O6. The molecule has 0 aliphatic carbocycles. The Morgan fingerprint density at radius 1 is 0.379 bits per heavy atom. The maximum Gasteiger partial charge on any atom is 0.306 e. The van der Waals surface area contributed by atoms with E-state index in [2.05, 4.69) is 93.7 Å². The van der Waals surface area contributed by atoms with Crippen LogP contribution in [0.2, 0.25) is 0 Å². The SMILES string of the molecule is CC\C=C/C=C\C=C/CCCCCCCC(=O)OC(COC(=O)CCCCCC/C=C\CCCC)COC(=O)CCCCCCCCC/C=C\C/C=C\CCCCC. The van der Waals surface area contributed by atoms with Gasteiger partial charge in [0.2, 0.25) is 0 Å². The van der Waals surface area contributed by atoms with Gasteiger partial charge < -0.3 is 14.2 Å². The van der Waals surface area contributed by atoms with Crippen molar-refractivity contribution in [2.24, 2.45) is 0 Å². The van der Waals surface area contributed by atoms with Gasteiger partial charge in [-0.05, 0) is 89.9 Å². The zero-order valence-electron chi connectivity index (χ0n) is 37.8. The second-order valence-electron chi connectivity index (χ2n) is 15.7. The van der Waals surface area contributed by atoms with Crippen molar-refractivity contribution in [1.82, 2.24) is 0 Å². The standard InChI is InChI=1S/C52H88O6/c1-4-7-10-13-16-19-22-24-25-26-27-29-30-33-36-39-42-45-51(54)57-48-49(47-56-50(53)44-41-38-35-32-21-18-15-12-9-6-3)58-52(55)46-43-40-37-34-31-28-23-20-17-14-11-8-5-2/h8,11,14-20,23-25,49H,4-7,9-10,12-13,21-22,26-48H2,1-3H3/b11-8-,17-14-,18-15-,19-16-,23-20-,25-24-. The number of allylic oxidation sites excluding steroid dienone is 12. The predicted octanol–water partition coefficient (Wildman–Crippen LogP) is 15.5. The summed E-state index contributed by atoms with van der Waals surface area (Å²) < 4.78 is 16.7. The number of unbranched alkanes of at least 4 members (excludes halogenated alkanes) is 21. The third-order valence-corrected chi connectivity index (χ3v) is 9.98. The van der Waals surface area contributed by atoms with Crippen LogP contribution in [0, 0.1) is 0 Å². The molecule has 0 aliphatic rings. The lowest BCUT2D eigenvalue weighted by Crippen LogP contribution is -2.30. The van der Waals surface area contributed by atoms with Gasteiger partial charge in [0, 0.05) is 19.3 Å². The normalized spacial score (nSPS) is 12.7. The van der Waals surface area contributed by atoms with Gasteiger partial charge in [0.25, 0.3) is 0 Å². The molecule has 0 spiro atoms. The second-order valence-corrected chi connectivity index (χ2v) is 15.7. The fraction of sp³-hybridized carbons (Fsp3) is 0.712. The summed E-state index contributed by atoms with van der Waals surface area (Å²) in [7, 11) is 0. The molecule has 0 N–H and O–H groups in total. The lowest BCUT2D eigenvalue weighted by molar-refractivity contribution is -0.167. The van der Waals surface area contributed by atoms with Crippen LogP contribution in [0.3, 0.4) is 0 Å². The van der Waals surface area contributed by atoms with Gasteiger partial charge in [0.15, 0.2) is 6.10 Å². The minimum atomic E-state index is -0.792. The summed E-state index contributed by atoms with van der Waals surface area (Å²) in [5, 5.41) is 0. The minimum Gasteiger partial charge on any atom is -0.462 e. The first-order chi connectivity index (χ1) is 28.5. The van der Waals surface area contributed by atoms with Crippen molar-refractivity contribution in [2.75, 3.05) is 13.2 Å². The number of ether oxygens (including phenoxy) is 3. The highest BCUT2D eigenvalue weighted by molar-refractivity contribution is 5.71. The molecule has 0 aliphatic heterocycles. The molecule has 0 aromatic carbocycles. The maximum atomic E-state index is 12.7. The van der Waals surface area contributed by atoms with Gasteiger partial charge in [-0.25, -0.2) is 0 Å². The highest BCUT2D eigenvalue weighted by Gasteiger charge is 2.19. The highest BCUT2D eigenvalue weighted by Crippen LogP contribution is 2.13. The van der Waals surface area contributed by atoms with Crippen LogP contribution in [0.1, 0.15) is 220 Å². The lowest BCUT2D eigenvalue weighted by atomic mass is 10.1. The molecule has 0 rings (SSSR count). The second kappa shape index (κ2) is 46.5. The summed E-state index contributed by atoms with van der Waals surface area (Å²) in [6.45, 7) is 6.39. The predicted molar refractivity (Wildman–Crippen MR) is 247 cm³/mol. The number of esters is 3. The van der Waals surface area contributed by atoms with Crippen molar-refractivity contribution in [3.8, 4) is 0 Å². The first-order valence-electron chi connectivity index (χ1n) is 24.0. The largest absolute Gasteiger partial charge is 0.462 e. The van der Waals surface area contributed by atoms with E-state index in [1.807, 2.05) is 0 Å². The monoisotopic (exact) mass is 809 g/mol. The van der Waals surface area contributed by atoms with Gasteiger partial charge >= 0.3 is 17.9 Å². The summed E-state index contributed by atoms with van der Waals surface area (Å²) in [4.78, 5) is 37.8. The molecule has 1 atom stereocenters. The topological polar surface area (TPSA) is 78.9 Å². The van der Waals surface area contributed by atoms with Gasteiger partial charge in [0.05, 0.1) is 0 Å². The maximum absolute atomic E-state index is 12.7. The molecule has 58 heavy (non-hydrogen) atoms. The van der Waals surface area contributed by atoms with E-state index >= 15 is 0 Å². The molecule has 0 amide bonds. The van der Waals surface area contributed by atoms with E-state index in [0.717, 1.165) is 116 Å². The zero-order valence-corrected chi connectivity index (χ0v) is 37.8. The molecule has 332 valence electrons. The molecular weight excluding hydrogens is 721 g/mol. The molecule has 0 bridgehead atoms. The Morgan fingerprint density at radius 3 is 1.24 bits per heavy atom. The first kappa shape index (κ1) is 54.9. The Balaban J connectivity index is 4.40. The van der Waals surface area contributed by atoms with Crippen LogP contribution in [0.5, 0.6) is 0 Å². The van der Waals surface area contributed by atoms with Gasteiger partial charge in [-0.2, -0.15) is 0 Å². The van der Waals surface area contributed by atoms with Crippen LogP contribution in [0.4, 0.5) is 0 Å². The van der Waals surface area contributed by atoms with E-state index in [1.165, 1.54) is 64.2 Å². The first-order valence-corrected chi connectivity index (χ1v) is 24.0. The summed E-state index contributed by atoms with van der Waals surface area (Å²) in [6.07, 6.45) is 57.4. The average molecular weight is 809 g/mol. The number of carbonyl (C=O) groups excluding carboxylic acids is 3. The van der Waals surface area contributed by atoms with E-state index in [-0.39, 0.29) is 31.1 Å². The molecule has 0 fully saturated rings. The van der Waals surface area contributed by atoms with E-state index in [9.17, 15) is 14.4 Å². The van der Waals surface area contributed by atoms with Crippen LogP contribution < -0.4 is 0 Å². The fourth-order valence-electron chi connectivity index (χ4n) is 6.33. The Hall–Kier alpha value is -3.15. The van der Waals surface area contributed by atoms with Gasteiger partial charge in [-0.1, -0.05) is 184 Å². The number of hydrogen-bond donors (Lipinski definition) is 0. The van der Waals surface area contributed by atoms with E-state index in [1.54, 1.807) is 0 Å². The Bertz CT molecular complexity index is 1110. The van der Waals surface area contributed by atoms with Crippen molar-refractivity contribution in [3.63, 3.8) is 0 Å². The minimum absolute atomic E-state index is 0.0923. The molecule has 0 saturated carbocycles. The molecule has 0 aromatic rings. The molecule has 0 saturated heterocycles. The number of hydrogen-bond acceptors (Lipinski definition) is 6. The van der Waals surface area contributed by atoms with Crippen LogP contribution in [0.25, 0.3) is 0 Å². The smallest absolute Gasteiger partial charge is 0.306 e. The van der Waals surface area contributed by atoms with Crippen LogP contribution in [-0.4, -0.2) is 37.2 Å². The Morgan fingerprint density at radius 2 is 0.759 bits per heavy atom. The quantitative estimate of drug-likeness (QED) is 0.0201. The van der Waals surface area contributed by atoms with Crippen molar-refractivity contribution in [2.45, 2.75) is 226 Å². The van der Waals surface area contributed by atoms with Crippen LogP contribution >= 0.6 is 0 Å². The Kier molecular flexibility index (Phi) is 44.0. The summed E-state index contributed by atoms with van der Waals surface area (Å²) in [5.41, 5.74) is 0. The fourth-order valence-corrected chi connectivity index (χ4v) is 6.33.